The molecule has 0 unspecified atom stereocenters. The van der Waals surface area contributed by atoms with Gasteiger partial charge in [-0.2, -0.15) is 0 Å². The van der Waals surface area contributed by atoms with E-state index in [9.17, 15) is 4.39 Å². The van der Waals surface area contributed by atoms with Crippen molar-refractivity contribution in [3.63, 3.8) is 0 Å². The summed E-state index contributed by atoms with van der Waals surface area (Å²) >= 11 is 3.26. The van der Waals surface area contributed by atoms with E-state index in [0.717, 1.165) is 23.1 Å². The van der Waals surface area contributed by atoms with Crippen LogP contribution in [0.3, 0.4) is 0 Å². The zero-order valence-corrected chi connectivity index (χ0v) is 10.1. The van der Waals surface area contributed by atoms with E-state index in [1.165, 1.54) is 12.1 Å². The van der Waals surface area contributed by atoms with Crippen molar-refractivity contribution in [2.45, 2.75) is 19.1 Å². The van der Waals surface area contributed by atoms with Gasteiger partial charge < -0.3 is 10.1 Å². The molecule has 2 rings (SSSR count). The number of hydrogen-bond acceptors (Lipinski definition) is 2. The van der Waals surface area contributed by atoms with Crippen LogP contribution in [-0.4, -0.2) is 18.7 Å². The van der Waals surface area contributed by atoms with Crippen LogP contribution in [-0.2, 0) is 11.3 Å². The fourth-order valence-electron chi connectivity index (χ4n) is 1.53. The fourth-order valence-corrected chi connectivity index (χ4v) is 2.04. The van der Waals surface area contributed by atoms with Crippen molar-refractivity contribution in [3.8, 4) is 0 Å². The van der Waals surface area contributed by atoms with Crippen LogP contribution in [0.15, 0.2) is 22.7 Å². The molecule has 1 aromatic rings. The molecule has 1 heterocycles. The number of nitrogens with one attached hydrogen (secondary N) is 1. The zero-order valence-electron chi connectivity index (χ0n) is 8.52. The van der Waals surface area contributed by atoms with Crippen molar-refractivity contribution in [1.29, 1.82) is 0 Å². The van der Waals surface area contributed by atoms with Gasteiger partial charge in [0, 0.05) is 17.6 Å². The minimum Gasteiger partial charge on any atom is -0.368 e. The zero-order chi connectivity index (χ0) is 10.9. The molecular formula is C11H13BrFNO. The summed E-state index contributed by atoms with van der Waals surface area (Å²) in [4.78, 5) is 0. The van der Waals surface area contributed by atoms with Gasteiger partial charge >= 0.3 is 0 Å². The first-order valence-electron chi connectivity index (χ1n) is 4.87. The summed E-state index contributed by atoms with van der Waals surface area (Å²) in [6, 6.07) is 4.81. The SMILES string of the molecule is CC1(OCc2cc(F)cc(Br)c2)CNC1. The summed E-state index contributed by atoms with van der Waals surface area (Å²) in [6.45, 7) is 4.24. The molecule has 0 bridgehead atoms. The average molecular weight is 274 g/mol. The van der Waals surface area contributed by atoms with Gasteiger partial charge in [-0.25, -0.2) is 4.39 Å². The molecule has 1 aliphatic heterocycles. The predicted molar refractivity (Wildman–Crippen MR) is 60.2 cm³/mol. The van der Waals surface area contributed by atoms with Crippen LogP contribution >= 0.6 is 15.9 Å². The van der Waals surface area contributed by atoms with Crippen LogP contribution in [0.5, 0.6) is 0 Å². The summed E-state index contributed by atoms with van der Waals surface area (Å²) < 4.78 is 19.5. The van der Waals surface area contributed by atoms with Crippen LogP contribution in [0.4, 0.5) is 4.39 Å². The van der Waals surface area contributed by atoms with E-state index < -0.39 is 0 Å². The second-order valence-corrected chi connectivity index (χ2v) is 5.04. The Hall–Kier alpha value is -0.450. The highest BCUT2D eigenvalue weighted by Gasteiger charge is 2.32. The largest absolute Gasteiger partial charge is 0.368 e. The minimum absolute atomic E-state index is 0.0845. The van der Waals surface area contributed by atoms with Gasteiger partial charge in [-0.3, -0.25) is 0 Å². The standard InChI is InChI=1S/C11H13BrFNO/c1-11(6-14-7-11)15-5-8-2-9(12)4-10(13)3-8/h2-4,14H,5-7H2,1H3. The maximum atomic E-state index is 13.0. The van der Waals surface area contributed by atoms with Gasteiger partial charge in [0.25, 0.3) is 0 Å². The van der Waals surface area contributed by atoms with Gasteiger partial charge in [0.15, 0.2) is 0 Å². The average Bonchev–Trinajstić information content (AvgIpc) is 2.10. The highest BCUT2D eigenvalue weighted by Crippen LogP contribution is 2.20. The Balaban J connectivity index is 1.98. The monoisotopic (exact) mass is 273 g/mol. The van der Waals surface area contributed by atoms with E-state index in [1.807, 2.05) is 6.07 Å². The normalized spacial score (nSPS) is 18.6. The van der Waals surface area contributed by atoms with E-state index in [4.69, 9.17) is 4.74 Å². The van der Waals surface area contributed by atoms with E-state index >= 15 is 0 Å². The first-order chi connectivity index (χ1) is 7.07. The Bertz CT molecular complexity index is 345. The molecule has 15 heavy (non-hydrogen) atoms. The lowest BCUT2D eigenvalue weighted by Crippen LogP contribution is -2.58. The molecule has 82 valence electrons. The van der Waals surface area contributed by atoms with Gasteiger partial charge in [-0.15, -0.1) is 0 Å². The molecule has 0 amide bonds. The summed E-state index contributed by atoms with van der Waals surface area (Å²) in [5, 5.41) is 3.15. The molecule has 1 aromatic carbocycles. The number of halogens is 2. The van der Waals surface area contributed by atoms with Gasteiger partial charge in [-0.1, -0.05) is 15.9 Å². The van der Waals surface area contributed by atoms with Crippen molar-refractivity contribution in [2.75, 3.05) is 13.1 Å². The van der Waals surface area contributed by atoms with E-state index in [1.54, 1.807) is 0 Å². The second kappa shape index (κ2) is 4.20. The number of hydrogen-bond donors (Lipinski definition) is 1. The smallest absolute Gasteiger partial charge is 0.124 e. The minimum atomic E-state index is -0.236. The molecule has 1 saturated heterocycles. The van der Waals surface area contributed by atoms with Gasteiger partial charge in [-0.05, 0) is 30.7 Å². The Morgan fingerprint density at radius 3 is 2.73 bits per heavy atom. The molecule has 2 nitrogen and oxygen atoms in total. The third kappa shape index (κ3) is 2.77. The first kappa shape index (κ1) is 11.0. The quantitative estimate of drug-likeness (QED) is 0.914. The van der Waals surface area contributed by atoms with Crippen molar-refractivity contribution < 1.29 is 9.13 Å². The topological polar surface area (TPSA) is 21.3 Å². The predicted octanol–water partition coefficient (Wildman–Crippen LogP) is 2.47. The lowest BCUT2D eigenvalue weighted by Gasteiger charge is -2.39. The molecule has 0 atom stereocenters. The van der Waals surface area contributed by atoms with Gasteiger partial charge in [0.1, 0.15) is 5.82 Å². The Labute approximate surface area is 96.9 Å². The molecule has 1 aliphatic rings. The molecule has 0 spiro atoms. The molecule has 0 saturated carbocycles. The van der Waals surface area contributed by atoms with E-state index in [0.29, 0.717) is 6.61 Å². The molecule has 1 fully saturated rings. The summed E-state index contributed by atoms with van der Waals surface area (Å²) in [5.74, 6) is -0.236. The molecule has 1 N–H and O–H groups in total. The van der Waals surface area contributed by atoms with Crippen LogP contribution < -0.4 is 5.32 Å². The van der Waals surface area contributed by atoms with Crippen molar-refractivity contribution in [2.24, 2.45) is 0 Å². The van der Waals surface area contributed by atoms with Crippen molar-refractivity contribution >= 4 is 15.9 Å². The van der Waals surface area contributed by atoms with E-state index in [2.05, 4.69) is 28.2 Å². The first-order valence-corrected chi connectivity index (χ1v) is 5.66. The van der Waals surface area contributed by atoms with E-state index in [-0.39, 0.29) is 11.4 Å². The molecule has 0 aromatic heterocycles. The molecular weight excluding hydrogens is 261 g/mol. The third-order valence-corrected chi connectivity index (χ3v) is 2.97. The van der Waals surface area contributed by atoms with Crippen LogP contribution in [0, 0.1) is 5.82 Å². The molecule has 0 aliphatic carbocycles. The highest BCUT2D eigenvalue weighted by atomic mass is 79.9. The van der Waals surface area contributed by atoms with Crippen LogP contribution in [0.25, 0.3) is 0 Å². The second-order valence-electron chi connectivity index (χ2n) is 4.12. The Morgan fingerprint density at radius 1 is 1.47 bits per heavy atom. The van der Waals surface area contributed by atoms with Crippen LogP contribution in [0.2, 0.25) is 0 Å². The van der Waals surface area contributed by atoms with Crippen LogP contribution in [0.1, 0.15) is 12.5 Å². The fraction of sp³-hybridized carbons (Fsp3) is 0.455. The maximum absolute atomic E-state index is 13.0. The highest BCUT2D eigenvalue weighted by molar-refractivity contribution is 9.10. The third-order valence-electron chi connectivity index (χ3n) is 2.51. The number of ether oxygens (including phenoxy) is 1. The van der Waals surface area contributed by atoms with Gasteiger partial charge in [0.2, 0.25) is 0 Å². The lowest BCUT2D eigenvalue weighted by atomic mass is 10.00. The lowest BCUT2D eigenvalue weighted by molar-refractivity contribution is -0.0768. The number of rotatable bonds is 3. The summed E-state index contributed by atoms with van der Waals surface area (Å²) in [6.07, 6.45) is 0. The summed E-state index contributed by atoms with van der Waals surface area (Å²) in [5.41, 5.74) is 0.772. The summed E-state index contributed by atoms with van der Waals surface area (Å²) in [7, 11) is 0. The Kier molecular flexibility index (Phi) is 3.09. The van der Waals surface area contributed by atoms with Crippen molar-refractivity contribution in [1.82, 2.24) is 5.32 Å². The maximum Gasteiger partial charge on any atom is 0.124 e. The molecule has 0 radical (unpaired) electrons. The van der Waals surface area contributed by atoms with Gasteiger partial charge in [0.05, 0.1) is 12.2 Å². The Morgan fingerprint density at radius 2 is 2.20 bits per heavy atom. The molecule has 4 heteroatoms. The van der Waals surface area contributed by atoms with Crippen molar-refractivity contribution in [3.05, 3.63) is 34.1 Å². The number of benzene rings is 1.